The van der Waals surface area contributed by atoms with Crippen LogP contribution in [0.5, 0.6) is 5.75 Å². The predicted octanol–water partition coefficient (Wildman–Crippen LogP) is 4.01. The van der Waals surface area contributed by atoms with Crippen molar-refractivity contribution in [3.8, 4) is 5.75 Å². The summed E-state index contributed by atoms with van der Waals surface area (Å²) in [6.45, 7) is 8.68. The van der Waals surface area contributed by atoms with E-state index in [2.05, 4.69) is 10.3 Å². The third-order valence-corrected chi connectivity index (χ3v) is 7.01. The molecule has 1 saturated heterocycles. The van der Waals surface area contributed by atoms with Gasteiger partial charge in [0.1, 0.15) is 12.4 Å². The van der Waals surface area contributed by atoms with E-state index in [0.29, 0.717) is 37.4 Å². The van der Waals surface area contributed by atoms with Crippen LogP contribution >= 0.6 is 0 Å². The third-order valence-electron chi connectivity index (χ3n) is 7.01. The van der Waals surface area contributed by atoms with Crippen molar-refractivity contribution in [2.75, 3.05) is 13.1 Å². The number of rotatable bonds is 7. The number of hydroxylamine groups is 1. The fourth-order valence-corrected chi connectivity index (χ4v) is 4.98. The summed E-state index contributed by atoms with van der Waals surface area (Å²) in [5.74, 6) is -0.422. The van der Waals surface area contributed by atoms with Gasteiger partial charge in [0.05, 0.1) is 11.6 Å². The van der Waals surface area contributed by atoms with E-state index in [1.165, 1.54) is 0 Å². The Morgan fingerprint density at radius 2 is 1.82 bits per heavy atom. The average molecular weight is 533 g/mol. The lowest BCUT2D eigenvalue weighted by Crippen LogP contribution is -2.56. The number of carbonyl (C=O) groups excluding carboxylic acids is 3. The van der Waals surface area contributed by atoms with Gasteiger partial charge in [0.15, 0.2) is 0 Å². The van der Waals surface area contributed by atoms with Gasteiger partial charge in [-0.2, -0.15) is 0 Å². The molecular weight excluding hydrogens is 496 g/mol. The zero-order valence-electron chi connectivity index (χ0n) is 22.9. The first-order chi connectivity index (χ1) is 18.5. The van der Waals surface area contributed by atoms with Crippen LogP contribution in [0.1, 0.15) is 55.2 Å². The van der Waals surface area contributed by atoms with E-state index in [9.17, 15) is 14.4 Å². The second-order valence-electron chi connectivity index (χ2n) is 11.1. The Morgan fingerprint density at radius 1 is 1.10 bits per heavy atom. The monoisotopic (exact) mass is 532 g/mol. The van der Waals surface area contributed by atoms with Gasteiger partial charge in [-0.25, -0.2) is 5.48 Å². The number of hydrogen-bond donors (Lipinski definition) is 3. The number of aryl methyl sites for hydroxylation is 1. The second-order valence-corrected chi connectivity index (χ2v) is 11.1. The maximum atomic E-state index is 13.1. The topological polar surface area (TPSA) is 121 Å². The van der Waals surface area contributed by atoms with Crippen molar-refractivity contribution in [1.29, 1.82) is 0 Å². The molecule has 1 aliphatic heterocycles. The molecule has 3 amide bonds. The summed E-state index contributed by atoms with van der Waals surface area (Å²) in [7, 11) is 0. The van der Waals surface area contributed by atoms with Gasteiger partial charge in [-0.05, 0) is 55.7 Å². The van der Waals surface area contributed by atoms with Crippen molar-refractivity contribution in [2.45, 2.75) is 53.2 Å². The van der Waals surface area contributed by atoms with Crippen molar-refractivity contribution in [1.82, 2.24) is 20.7 Å². The molecule has 0 bridgehead atoms. The minimum atomic E-state index is -0.555. The van der Waals surface area contributed by atoms with Gasteiger partial charge < -0.3 is 15.0 Å². The van der Waals surface area contributed by atoms with Crippen LogP contribution in [-0.2, 0) is 16.2 Å². The average Bonchev–Trinajstić information content (AvgIpc) is 2.91. The van der Waals surface area contributed by atoms with E-state index < -0.39 is 17.4 Å². The first-order valence-electron chi connectivity index (χ1n) is 13.2. The molecule has 0 saturated carbocycles. The van der Waals surface area contributed by atoms with Gasteiger partial charge >= 0.3 is 0 Å². The summed E-state index contributed by atoms with van der Waals surface area (Å²) in [4.78, 5) is 44.2. The lowest BCUT2D eigenvalue weighted by Gasteiger charge is -2.41. The first-order valence-corrected chi connectivity index (χ1v) is 13.2. The Hall–Kier alpha value is -3.98. The molecule has 9 nitrogen and oxygen atoms in total. The van der Waals surface area contributed by atoms with Crippen LogP contribution in [0.4, 0.5) is 0 Å². The van der Waals surface area contributed by atoms with Crippen molar-refractivity contribution in [2.24, 2.45) is 11.3 Å². The number of fused-ring (bicyclic) bond motifs is 1. The summed E-state index contributed by atoms with van der Waals surface area (Å²) in [5, 5.41) is 13.0. The summed E-state index contributed by atoms with van der Waals surface area (Å²) in [6.07, 6.45) is 0.588. The van der Waals surface area contributed by atoms with E-state index in [1.807, 2.05) is 58.0 Å². The SMILES string of the molecule is Cc1cc(COc2ccc(C(=O)N[C@H]3CN(C(=O)C(C)(C)C)CC[C@H]3CC(=O)NO)cc2)c2ccccc2n1. The molecule has 39 heavy (non-hydrogen) atoms. The highest BCUT2D eigenvalue weighted by Gasteiger charge is 2.37. The highest BCUT2D eigenvalue weighted by molar-refractivity contribution is 5.94. The molecule has 2 atom stereocenters. The molecule has 0 unspecified atom stereocenters. The quantitative estimate of drug-likeness (QED) is 0.312. The number of aromatic nitrogens is 1. The van der Waals surface area contributed by atoms with E-state index in [4.69, 9.17) is 9.94 Å². The Kier molecular flexibility index (Phi) is 8.50. The van der Waals surface area contributed by atoms with Crippen LogP contribution in [0.2, 0.25) is 0 Å². The van der Waals surface area contributed by atoms with Crippen LogP contribution in [0.3, 0.4) is 0 Å². The second kappa shape index (κ2) is 11.8. The van der Waals surface area contributed by atoms with Gasteiger partial charge in [0.25, 0.3) is 5.91 Å². The lowest BCUT2D eigenvalue weighted by molar-refractivity contribution is -0.141. The molecular formula is C30H36N4O5. The molecule has 0 aliphatic carbocycles. The number of nitrogens with one attached hydrogen (secondary N) is 2. The molecule has 9 heteroatoms. The minimum absolute atomic E-state index is 0.00881. The number of pyridine rings is 1. The number of likely N-dealkylation sites (tertiary alicyclic amines) is 1. The van der Waals surface area contributed by atoms with E-state index in [-0.39, 0.29) is 24.2 Å². The van der Waals surface area contributed by atoms with Gasteiger partial charge in [-0.15, -0.1) is 0 Å². The van der Waals surface area contributed by atoms with E-state index in [1.54, 1.807) is 34.6 Å². The van der Waals surface area contributed by atoms with Crippen molar-refractivity contribution in [3.05, 3.63) is 71.4 Å². The van der Waals surface area contributed by atoms with Gasteiger partial charge in [-0.3, -0.25) is 24.6 Å². The lowest BCUT2D eigenvalue weighted by atomic mass is 9.86. The highest BCUT2D eigenvalue weighted by Crippen LogP contribution is 2.26. The molecule has 2 aromatic carbocycles. The number of piperidine rings is 1. The van der Waals surface area contributed by atoms with Crippen molar-refractivity contribution >= 4 is 28.6 Å². The Morgan fingerprint density at radius 3 is 2.51 bits per heavy atom. The third kappa shape index (κ3) is 6.92. The maximum Gasteiger partial charge on any atom is 0.251 e. The molecule has 2 heterocycles. The molecule has 1 aromatic heterocycles. The number of benzene rings is 2. The number of carbonyl (C=O) groups is 3. The zero-order valence-corrected chi connectivity index (χ0v) is 22.9. The first kappa shape index (κ1) is 28.0. The Bertz CT molecular complexity index is 1350. The largest absolute Gasteiger partial charge is 0.489 e. The number of amides is 3. The number of ether oxygens (including phenoxy) is 1. The zero-order chi connectivity index (χ0) is 28.2. The molecule has 4 rings (SSSR count). The van der Waals surface area contributed by atoms with E-state index >= 15 is 0 Å². The van der Waals surface area contributed by atoms with Crippen LogP contribution in [0, 0.1) is 18.3 Å². The van der Waals surface area contributed by atoms with Crippen LogP contribution in [0.15, 0.2) is 54.6 Å². The van der Waals surface area contributed by atoms with Crippen LogP contribution in [-0.4, -0.2) is 51.9 Å². The molecule has 0 radical (unpaired) electrons. The number of nitrogens with zero attached hydrogens (tertiary/aromatic N) is 2. The Labute approximate surface area is 228 Å². The molecule has 0 spiro atoms. The Balaban J connectivity index is 1.43. The van der Waals surface area contributed by atoms with Gasteiger partial charge in [0, 0.05) is 47.1 Å². The predicted molar refractivity (Wildman–Crippen MR) is 147 cm³/mol. The van der Waals surface area contributed by atoms with Crippen LogP contribution in [0.25, 0.3) is 10.9 Å². The van der Waals surface area contributed by atoms with Gasteiger partial charge in [0.2, 0.25) is 11.8 Å². The normalized spacial score (nSPS) is 17.5. The summed E-state index contributed by atoms with van der Waals surface area (Å²) < 4.78 is 6.01. The molecule has 206 valence electrons. The summed E-state index contributed by atoms with van der Waals surface area (Å²) in [5.41, 5.74) is 4.42. The highest BCUT2D eigenvalue weighted by atomic mass is 16.5. The van der Waals surface area contributed by atoms with Crippen molar-refractivity contribution in [3.63, 3.8) is 0 Å². The molecule has 1 aliphatic rings. The fourth-order valence-electron chi connectivity index (χ4n) is 4.98. The maximum absolute atomic E-state index is 13.1. The smallest absolute Gasteiger partial charge is 0.251 e. The standard InChI is InChI=1S/C30H36N4O5/c1-19-15-22(24-7-5-6-8-25(24)31-19)18-39-23-11-9-20(10-12-23)28(36)32-26-17-34(29(37)30(2,3)4)14-13-21(26)16-27(35)33-38/h5-12,15,21,26,38H,13-14,16-18H2,1-4H3,(H,32,36)(H,33,35)/t21-,26-/m0/s1. The van der Waals surface area contributed by atoms with Crippen LogP contribution < -0.4 is 15.5 Å². The molecule has 3 aromatic rings. The summed E-state index contributed by atoms with van der Waals surface area (Å²) in [6, 6.07) is 16.4. The van der Waals surface area contributed by atoms with E-state index in [0.717, 1.165) is 22.2 Å². The number of para-hydroxylation sites is 1. The van der Waals surface area contributed by atoms with Gasteiger partial charge in [-0.1, -0.05) is 39.0 Å². The fraction of sp³-hybridized carbons (Fsp3) is 0.400. The summed E-state index contributed by atoms with van der Waals surface area (Å²) >= 11 is 0. The minimum Gasteiger partial charge on any atom is -0.489 e. The molecule has 1 fully saturated rings. The molecule has 3 N–H and O–H groups in total. The van der Waals surface area contributed by atoms with Crippen molar-refractivity contribution < 1.29 is 24.3 Å². The number of hydrogen-bond acceptors (Lipinski definition) is 6.